The molecule has 8 heteroatoms. The topological polar surface area (TPSA) is 57.7 Å². The van der Waals surface area contributed by atoms with Crippen LogP contribution in [0.4, 0.5) is 13.2 Å². The van der Waals surface area contributed by atoms with E-state index in [9.17, 15) is 13.2 Å². The maximum absolute atomic E-state index is 12.8. The number of alkyl halides is 3. The van der Waals surface area contributed by atoms with Crippen LogP contribution >= 0.6 is 0 Å². The largest absolute Gasteiger partial charge is 0.416 e. The summed E-state index contributed by atoms with van der Waals surface area (Å²) in [5, 5.41) is 7.33. The van der Waals surface area contributed by atoms with Crippen molar-refractivity contribution < 1.29 is 13.2 Å². The standard InChI is InChI=1S/C24H20F3N5/c25-24(26,27)20-8-6-17(7-9-20)23-28-12-18-14-32(11-10-21(18)30-23)15-19-13-29-31-22(19)16-4-2-1-3-5-16/h1-9,12-13H,10-11,14-15H2,(H,29,31). The van der Waals surface area contributed by atoms with E-state index in [-0.39, 0.29) is 0 Å². The fraction of sp³-hybridized carbons (Fsp3) is 0.208. The zero-order valence-electron chi connectivity index (χ0n) is 17.1. The highest BCUT2D eigenvalue weighted by Crippen LogP contribution is 2.31. The molecule has 2 aromatic carbocycles. The van der Waals surface area contributed by atoms with Crippen molar-refractivity contribution in [2.75, 3.05) is 6.54 Å². The van der Waals surface area contributed by atoms with Gasteiger partial charge >= 0.3 is 6.18 Å². The molecule has 0 atom stereocenters. The van der Waals surface area contributed by atoms with E-state index in [1.165, 1.54) is 12.1 Å². The lowest BCUT2D eigenvalue weighted by molar-refractivity contribution is -0.137. The second kappa shape index (κ2) is 8.20. The smallest absolute Gasteiger partial charge is 0.294 e. The van der Waals surface area contributed by atoms with Crippen LogP contribution < -0.4 is 0 Å². The molecule has 32 heavy (non-hydrogen) atoms. The van der Waals surface area contributed by atoms with Crippen molar-refractivity contribution in [3.8, 4) is 22.6 Å². The Balaban J connectivity index is 1.31. The van der Waals surface area contributed by atoms with Gasteiger partial charge in [-0.15, -0.1) is 0 Å². The van der Waals surface area contributed by atoms with E-state index in [1.54, 1.807) is 6.20 Å². The Morgan fingerprint density at radius 3 is 2.47 bits per heavy atom. The molecule has 0 radical (unpaired) electrons. The van der Waals surface area contributed by atoms with Crippen LogP contribution in [0.25, 0.3) is 22.6 Å². The number of H-pyrrole nitrogens is 1. The predicted molar refractivity (Wildman–Crippen MR) is 114 cm³/mol. The van der Waals surface area contributed by atoms with Crippen molar-refractivity contribution >= 4 is 0 Å². The maximum Gasteiger partial charge on any atom is 0.416 e. The first-order valence-electron chi connectivity index (χ1n) is 10.3. The lowest BCUT2D eigenvalue weighted by Gasteiger charge is -2.28. The van der Waals surface area contributed by atoms with E-state index in [0.717, 1.165) is 59.7 Å². The second-order valence-corrected chi connectivity index (χ2v) is 7.84. The fourth-order valence-corrected chi connectivity index (χ4v) is 3.98. The van der Waals surface area contributed by atoms with Crippen LogP contribution in [0.3, 0.4) is 0 Å². The van der Waals surface area contributed by atoms with Crippen molar-refractivity contribution in [1.82, 2.24) is 25.1 Å². The van der Waals surface area contributed by atoms with Gasteiger partial charge in [0.25, 0.3) is 0 Å². The van der Waals surface area contributed by atoms with Gasteiger partial charge in [-0.2, -0.15) is 18.3 Å². The van der Waals surface area contributed by atoms with Gasteiger partial charge in [-0.1, -0.05) is 42.5 Å². The number of hydrogen-bond donors (Lipinski definition) is 1. The summed E-state index contributed by atoms with van der Waals surface area (Å²) in [6.07, 6.45) is 0.0507. The van der Waals surface area contributed by atoms with Crippen LogP contribution in [0.15, 0.2) is 67.0 Å². The van der Waals surface area contributed by atoms with E-state index in [0.29, 0.717) is 17.9 Å². The van der Waals surface area contributed by atoms with E-state index in [2.05, 4.69) is 37.2 Å². The Bertz CT molecular complexity index is 1220. The molecule has 162 valence electrons. The second-order valence-electron chi connectivity index (χ2n) is 7.84. The molecule has 0 aliphatic carbocycles. The first-order chi connectivity index (χ1) is 15.5. The Kier molecular flexibility index (Phi) is 5.22. The van der Waals surface area contributed by atoms with Crippen LogP contribution in [-0.2, 0) is 25.7 Å². The van der Waals surface area contributed by atoms with Crippen LogP contribution in [0.1, 0.15) is 22.4 Å². The maximum atomic E-state index is 12.8. The van der Waals surface area contributed by atoms with Gasteiger partial charge in [0, 0.05) is 48.9 Å². The number of nitrogens with zero attached hydrogens (tertiary/aromatic N) is 4. The molecule has 0 saturated heterocycles. The van der Waals surface area contributed by atoms with Crippen molar-refractivity contribution in [1.29, 1.82) is 0 Å². The number of aromatic nitrogens is 4. The number of nitrogens with one attached hydrogen (secondary N) is 1. The Morgan fingerprint density at radius 2 is 1.72 bits per heavy atom. The molecule has 1 aliphatic rings. The van der Waals surface area contributed by atoms with Gasteiger partial charge in [-0.05, 0) is 17.7 Å². The molecule has 0 bridgehead atoms. The highest BCUT2D eigenvalue weighted by molar-refractivity contribution is 5.62. The average Bonchev–Trinajstić information content (AvgIpc) is 3.27. The summed E-state index contributed by atoms with van der Waals surface area (Å²) in [7, 11) is 0. The van der Waals surface area contributed by atoms with Gasteiger partial charge < -0.3 is 0 Å². The molecule has 0 fully saturated rings. The number of halogens is 3. The predicted octanol–water partition coefficient (Wildman–Crippen LogP) is 5.11. The van der Waals surface area contributed by atoms with E-state index in [1.807, 2.05) is 24.4 Å². The summed E-state index contributed by atoms with van der Waals surface area (Å²) >= 11 is 0. The third kappa shape index (κ3) is 4.13. The van der Waals surface area contributed by atoms with Crippen LogP contribution in [0, 0.1) is 0 Å². The van der Waals surface area contributed by atoms with Gasteiger partial charge in [0.2, 0.25) is 0 Å². The average molecular weight is 435 g/mol. The first kappa shape index (κ1) is 20.4. The quantitative estimate of drug-likeness (QED) is 0.484. The molecular formula is C24H20F3N5. The van der Waals surface area contributed by atoms with Crippen molar-refractivity contribution in [3.05, 3.63) is 89.4 Å². The summed E-state index contributed by atoms with van der Waals surface area (Å²) < 4.78 is 38.4. The molecule has 5 rings (SSSR count). The summed E-state index contributed by atoms with van der Waals surface area (Å²) in [6, 6.07) is 15.1. The van der Waals surface area contributed by atoms with Gasteiger partial charge in [0.05, 0.1) is 23.1 Å². The van der Waals surface area contributed by atoms with E-state index >= 15 is 0 Å². The minimum Gasteiger partial charge on any atom is -0.294 e. The lowest BCUT2D eigenvalue weighted by atomic mass is 10.0. The number of rotatable bonds is 4. The van der Waals surface area contributed by atoms with Gasteiger partial charge in [-0.3, -0.25) is 10.00 Å². The summed E-state index contributed by atoms with van der Waals surface area (Å²) in [5.41, 5.74) is 5.13. The van der Waals surface area contributed by atoms with E-state index < -0.39 is 11.7 Å². The highest BCUT2D eigenvalue weighted by atomic mass is 19.4. The fourth-order valence-electron chi connectivity index (χ4n) is 3.98. The van der Waals surface area contributed by atoms with Crippen LogP contribution in [0.2, 0.25) is 0 Å². The molecule has 2 aromatic heterocycles. The molecule has 5 nitrogen and oxygen atoms in total. The zero-order chi connectivity index (χ0) is 22.1. The molecular weight excluding hydrogens is 415 g/mol. The number of hydrogen-bond acceptors (Lipinski definition) is 4. The lowest BCUT2D eigenvalue weighted by Crippen LogP contribution is -2.31. The third-order valence-electron chi connectivity index (χ3n) is 5.66. The normalized spacial score (nSPS) is 14.3. The number of fused-ring (bicyclic) bond motifs is 1. The zero-order valence-corrected chi connectivity index (χ0v) is 17.1. The minimum absolute atomic E-state index is 0.451. The van der Waals surface area contributed by atoms with Crippen molar-refractivity contribution in [3.63, 3.8) is 0 Å². The van der Waals surface area contributed by atoms with Crippen molar-refractivity contribution in [2.24, 2.45) is 0 Å². The minimum atomic E-state index is -4.35. The Labute approximate surface area is 183 Å². The van der Waals surface area contributed by atoms with Gasteiger partial charge in [-0.25, -0.2) is 9.97 Å². The molecule has 1 N–H and O–H groups in total. The van der Waals surface area contributed by atoms with E-state index in [4.69, 9.17) is 0 Å². The van der Waals surface area contributed by atoms with Gasteiger partial charge in [0.1, 0.15) is 0 Å². The third-order valence-corrected chi connectivity index (χ3v) is 5.66. The summed E-state index contributed by atoms with van der Waals surface area (Å²) in [5.74, 6) is 0.451. The van der Waals surface area contributed by atoms with Crippen LogP contribution in [-0.4, -0.2) is 31.6 Å². The highest BCUT2D eigenvalue weighted by Gasteiger charge is 2.30. The molecule has 0 spiro atoms. The Hall–Kier alpha value is -3.52. The molecule has 1 aliphatic heterocycles. The molecule has 0 unspecified atom stereocenters. The molecule has 0 saturated carbocycles. The molecule has 0 amide bonds. The SMILES string of the molecule is FC(F)(F)c1ccc(-c2ncc3c(n2)CCN(Cc2cn[nH]c2-c2ccccc2)C3)cc1. The summed E-state index contributed by atoms with van der Waals surface area (Å²) in [6.45, 7) is 2.29. The Morgan fingerprint density at radius 1 is 0.938 bits per heavy atom. The summed E-state index contributed by atoms with van der Waals surface area (Å²) in [4.78, 5) is 11.4. The van der Waals surface area contributed by atoms with Gasteiger partial charge in [0.15, 0.2) is 5.82 Å². The first-order valence-corrected chi connectivity index (χ1v) is 10.3. The molecule has 4 aromatic rings. The monoisotopic (exact) mass is 435 g/mol. The number of aromatic amines is 1. The molecule has 3 heterocycles. The van der Waals surface area contributed by atoms with Crippen LogP contribution in [0.5, 0.6) is 0 Å². The van der Waals surface area contributed by atoms with Crippen molar-refractivity contribution in [2.45, 2.75) is 25.7 Å². The number of benzene rings is 2.